The van der Waals surface area contributed by atoms with Gasteiger partial charge in [0.05, 0.1) is 18.3 Å². The van der Waals surface area contributed by atoms with Crippen molar-refractivity contribution < 1.29 is 4.74 Å². The topological polar surface area (TPSA) is 50.3 Å². The fourth-order valence-corrected chi connectivity index (χ4v) is 3.24. The first-order valence-corrected chi connectivity index (χ1v) is 8.88. The molecule has 134 valence electrons. The third-order valence-electron chi connectivity index (χ3n) is 4.51. The van der Waals surface area contributed by atoms with Gasteiger partial charge in [-0.25, -0.2) is 0 Å². The van der Waals surface area contributed by atoms with Crippen LogP contribution in [0.4, 0.5) is 11.4 Å². The Morgan fingerprint density at radius 2 is 1.89 bits per heavy atom. The zero-order valence-electron chi connectivity index (χ0n) is 15.0. The maximum Gasteiger partial charge on any atom is 0.177 e. The van der Waals surface area contributed by atoms with Crippen molar-refractivity contribution >= 4 is 50.4 Å². The Hall–Kier alpha value is -3.25. The summed E-state index contributed by atoms with van der Waals surface area (Å²) in [4.78, 5) is 10.7. The van der Waals surface area contributed by atoms with Crippen molar-refractivity contribution in [1.82, 2.24) is 9.97 Å². The minimum Gasteiger partial charge on any atom is -0.497 e. The average molecular weight is 374 g/mol. The van der Waals surface area contributed by atoms with E-state index in [-0.39, 0.29) is 0 Å². The number of methoxy groups -OCH3 is 1. The standard InChI is InChI=1S/C21H18N4OS/c1-25(15-5-7-16(26-2)8-6-15)21(27)24-19-12-14-9-11-22-13-18(14)20-17(19)4-3-10-23-20/h3-13H,1-2H3,(H,24,27). The molecule has 5 nitrogen and oxygen atoms in total. The highest BCUT2D eigenvalue weighted by Crippen LogP contribution is 2.30. The third kappa shape index (κ3) is 3.27. The van der Waals surface area contributed by atoms with Crippen LogP contribution in [0.5, 0.6) is 5.75 Å². The van der Waals surface area contributed by atoms with Gasteiger partial charge < -0.3 is 15.0 Å². The van der Waals surface area contributed by atoms with Crippen LogP contribution in [-0.4, -0.2) is 29.2 Å². The molecule has 0 bridgehead atoms. The summed E-state index contributed by atoms with van der Waals surface area (Å²) in [6.07, 6.45) is 5.42. The molecule has 27 heavy (non-hydrogen) atoms. The molecule has 0 aliphatic carbocycles. The molecule has 0 aliphatic rings. The molecule has 6 heteroatoms. The molecule has 0 spiro atoms. The number of thiocarbonyl (C=S) groups is 1. The first-order valence-electron chi connectivity index (χ1n) is 8.47. The molecular formula is C21H18N4OS. The van der Waals surface area contributed by atoms with Crippen molar-refractivity contribution in [3.05, 3.63) is 67.1 Å². The summed E-state index contributed by atoms with van der Waals surface area (Å²) >= 11 is 5.64. The van der Waals surface area contributed by atoms with Gasteiger partial charge >= 0.3 is 0 Å². The maximum absolute atomic E-state index is 5.64. The molecule has 0 unspecified atom stereocenters. The van der Waals surface area contributed by atoms with Gasteiger partial charge in [0.15, 0.2) is 5.11 Å². The van der Waals surface area contributed by atoms with Crippen LogP contribution >= 0.6 is 12.2 Å². The second kappa shape index (κ2) is 7.17. The number of nitrogens with one attached hydrogen (secondary N) is 1. The van der Waals surface area contributed by atoms with E-state index in [1.54, 1.807) is 19.5 Å². The monoisotopic (exact) mass is 374 g/mol. The minimum atomic E-state index is 0.596. The van der Waals surface area contributed by atoms with Gasteiger partial charge in [-0.1, -0.05) is 0 Å². The molecule has 2 aromatic carbocycles. The van der Waals surface area contributed by atoms with Crippen LogP contribution in [0.2, 0.25) is 0 Å². The van der Waals surface area contributed by atoms with Crippen molar-refractivity contribution in [2.45, 2.75) is 0 Å². The number of anilines is 2. The van der Waals surface area contributed by atoms with Crippen LogP contribution < -0.4 is 15.0 Å². The average Bonchev–Trinajstić information content (AvgIpc) is 2.73. The van der Waals surface area contributed by atoms with Crippen molar-refractivity contribution in [3.8, 4) is 5.75 Å². The number of fused-ring (bicyclic) bond motifs is 3. The Bertz CT molecular complexity index is 1130. The van der Waals surface area contributed by atoms with Crippen LogP contribution in [0.15, 0.2) is 67.1 Å². The number of aromatic nitrogens is 2. The van der Waals surface area contributed by atoms with Crippen LogP contribution in [0.3, 0.4) is 0 Å². The first kappa shape index (κ1) is 17.2. The molecule has 0 saturated carbocycles. The van der Waals surface area contributed by atoms with Gasteiger partial charge in [0, 0.05) is 42.1 Å². The molecule has 0 atom stereocenters. The van der Waals surface area contributed by atoms with Crippen molar-refractivity contribution in [2.24, 2.45) is 0 Å². The van der Waals surface area contributed by atoms with Crippen LogP contribution in [0.1, 0.15) is 0 Å². The fourth-order valence-electron chi connectivity index (χ4n) is 3.03. The summed E-state index contributed by atoms with van der Waals surface area (Å²) < 4.78 is 5.22. The highest BCUT2D eigenvalue weighted by Gasteiger charge is 2.12. The smallest absolute Gasteiger partial charge is 0.177 e. The van der Waals surface area contributed by atoms with E-state index in [2.05, 4.69) is 21.4 Å². The highest BCUT2D eigenvalue weighted by atomic mass is 32.1. The van der Waals surface area contributed by atoms with E-state index >= 15 is 0 Å². The molecule has 4 rings (SSSR count). The number of benzene rings is 2. The Balaban J connectivity index is 1.70. The van der Waals surface area contributed by atoms with E-state index in [0.717, 1.165) is 38.8 Å². The van der Waals surface area contributed by atoms with Crippen molar-refractivity contribution in [2.75, 3.05) is 24.4 Å². The number of ether oxygens (including phenoxy) is 1. The summed E-state index contributed by atoms with van der Waals surface area (Å²) in [6, 6.07) is 15.8. The second-order valence-corrected chi connectivity index (χ2v) is 6.49. The molecular weight excluding hydrogens is 356 g/mol. The first-order chi connectivity index (χ1) is 13.2. The summed E-state index contributed by atoms with van der Waals surface area (Å²) in [7, 11) is 3.59. The lowest BCUT2D eigenvalue weighted by atomic mass is 10.1. The Morgan fingerprint density at radius 1 is 1.07 bits per heavy atom. The lowest BCUT2D eigenvalue weighted by molar-refractivity contribution is 0.415. The fraction of sp³-hybridized carbons (Fsp3) is 0.0952. The van der Waals surface area contributed by atoms with Crippen LogP contribution in [-0.2, 0) is 0 Å². The summed E-state index contributed by atoms with van der Waals surface area (Å²) in [5.41, 5.74) is 2.79. The summed E-state index contributed by atoms with van der Waals surface area (Å²) in [5, 5.41) is 7.05. The Kier molecular flexibility index (Phi) is 4.56. The van der Waals surface area contributed by atoms with E-state index in [0.29, 0.717) is 5.11 Å². The predicted molar refractivity (Wildman–Crippen MR) is 115 cm³/mol. The molecule has 2 heterocycles. The Morgan fingerprint density at radius 3 is 2.67 bits per heavy atom. The van der Waals surface area contributed by atoms with Gasteiger partial charge in [0.2, 0.25) is 0 Å². The van der Waals surface area contributed by atoms with Gasteiger partial charge in [-0.2, -0.15) is 0 Å². The normalized spacial score (nSPS) is 10.7. The molecule has 0 saturated heterocycles. The van der Waals surface area contributed by atoms with Gasteiger partial charge in [-0.3, -0.25) is 9.97 Å². The zero-order chi connectivity index (χ0) is 18.8. The quantitative estimate of drug-likeness (QED) is 0.417. The van der Waals surface area contributed by atoms with Crippen molar-refractivity contribution in [3.63, 3.8) is 0 Å². The molecule has 2 aromatic heterocycles. The molecule has 1 N–H and O–H groups in total. The highest BCUT2D eigenvalue weighted by molar-refractivity contribution is 7.80. The third-order valence-corrected chi connectivity index (χ3v) is 4.89. The van der Waals surface area contributed by atoms with Gasteiger partial charge in [0.25, 0.3) is 0 Å². The molecule has 4 aromatic rings. The zero-order valence-corrected chi connectivity index (χ0v) is 15.8. The lowest BCUT2D eigenvalue weighted by Gasteiger charge is -2.22. The van der Waals surface area contributed by atoms with Gasteiger partial charge in [-0.05, 0) is 66.1 Å². The number of rotatable bonds is 3. The van der Waals surface area contributed by atoms with E-state index in [4.69, 9.17) is 17.0 Å². The maximum atomic E-state index is 5.64. The van der Waals surface area contributed by atoms with Crippen molar-refractivity contribution in [1.29, 1.82) is 0 Å². The number of pyridine rings is 2. The number of nitrogens with zero attached hydrogens (tertiary/aromatic N) is 3. The second-order valence-electron chi connectivity index (χ2n) is 6.11. The van der Waals surface area contributed by atoms with Gasteiger partial charge in [-0.15, -0.1) is 0 Å². The Labute approximate surface area is 162 Å². The van der Waals surface area contributed by atoms with E-state index in [1.807, 2.05) is 60.6 Å². The lowest BCUT2D eigenvalue weighted by Crippen LogP contribution is -2.30. The number of hydrogen-bond donors (Lipinski definition) is 1. The van der Waals surface area contributed by atoms with E-state index < -0.39 is 0 Å². The van der Waals surface area contributed by atoms with Gasteiger partial charge in [0.1, 0.15) is 5.75 Å². The number of hydrogen-bond acceptors (Lipinski definition) is 4. The predicted octanol–water partition coefficient (Wildman–Crippen LogP) is 4.62. The largest absolute Gasteiger partial charge is 0.497 e. The molecule has 0 amide bonds. The van der Waals surface area contributed by atoms with Crippen LogP contribution in [0, 0.1) is 0 Å². The minimum absolute atomic E-state index is 0.596. The van der Waals surface area contributed by atoms with Crippen LogP contribution in [0.25, 0.3) is 21.7 Å². The summed E-state index contributed by atoms with van der Waals surface area (Å²) in [6.45, 7) is 0. The SMILES string of the molecule is COc1ccc(N(C)C(=S)Nc2cc3ccncc3c3ncccc23)cc1. The molecule has 0 fully saturated rings. The van der Waals surface area contributed by atoms with E-state index in [1.165, 1.54) is 0 Å². The summed E-state index contributed by atoms with van der Waals surface area (Å²) in [5.74, 6) is 0.811. The van der Waals surface area contributed by atoms with E-state index in [9.17, 15) is 0 Å². The molecule has 0 radical (unpaired) electrons. The molecule has 0 aliphatic heterocycles.